The maximum absolute atomic E-state index is 4.72. The van der Waals surface area contributed by atoms with Crippen molar-refractivity contribution in [3.05, 3.63) is 213 Å². The molecule has 0 amide bonds. The number of anilines is 4. The van der Waals surface area contributed by atoms with Gasteiger partial charge >= 0.3 is 0 Å². The van der Waals surface area contributed by atoms with Gasteiger partial charge in [0.25, 0.3) is 0 Å². The molecule has 280 valence electrons. The molecule has 0 fully saturated rings. The number of pyridine rings is 1. The molecule has 0 saturated heterocycles. The first kappa shape index (κ1) is 36.0. The maximum atomic E-state index is 4.72. The molecule has 1 aliphatic rings. The zero-order valence-corrected chi connectivity index (χ0v) is 34.2. The van der Waals surface area contributed by atoms with Crippen molar-refractivity contribution in [2.24, 2.45) is 0 Å². The van der Waals surface area contributed by atoms with Gasteiger partial charge in [-0.25, -0.2) is 4.98 Å². The number of para-hydroxylation sites is 2. The molecule has 0 unspecified atom stereocenters. The summed E-state index contributed by atoms with van der Waals surface area (Å²) in [4.78, 5) is 11.4. The van der Waals surface area contributed by atoms with Gasteiger partial charge in [-0.05, 0) is 46.2 Å². The van der Waals surface area contributed by atoms with Crippen LogP contribution in [0.1, 0.15) is 0 Å². The Bertz CT molecular complexity index is 3040. The summed E-state index contributed by atoms with van der Waals surface area (Å²) in [5.74, 6) is 0.875. The van der Waals surface area contributed by atoms with E-state index in [0.29, 0.717) is 0 Å². The fourth-order valence-electron chi connectivity index (χ4n) is 8.20. The van der Waals surface area contributed by atoms with E-state index in [1.54, 1.807) is 11.8 Å². The third kappa shape index (κ3) is 6.19. The molecule has 11 rings (SSSR count). The molecule has 0 spiro atoms. The number of rotatable bonds is 7. The topological polar surface area (TPSA) is 24.3 Å². The van der Waals surface area contributed by atoms with Crippen LogP contribution in [0.3, 0.4) is 0 Å². The second kappa shape index (κ2) is 15.2. The summed E-state index contributed by atoms with van der Waals surface area (Å²) in [6, 6.07) is 74.1. The summed E-state index contributed by atoms with van der Waals surface area (Å²) in [6.45, 7) is 2.25. The first-order valence-electron chi connectivity index (χ1n) is 19.0. The quantitative estimate of drug-likeness (QED) is 0.149. The Morgan fingerprint density at radius 2 is 1.16 bits per heavy atom. The summed E-state index contributed by atoms with van der Waals surface area (Å²) < 4.78 is 2.21. The van der Waals surface area contributed by atoms with Crippen LogP contribution in [0.5, 0.6) is 0 Å². The number of nitrogens with zero attached hydrogens (tertiary/aromatic N) is 4. The molecule has 6 heteroatoms. The standard InChI is InChI=1S/C52H33N4S.Pt/c1-3-15-36(16-4-1)42-24-14-25-43(37-17-5-2-6-18-37)51(42)55-35-54(48-31-28-38-19-7-8-22-44(38)52(48)55)39-20-13-21-40(33-39)57-41-29-30-46-45-23-9-10-26-47(45)56(49(46)34-41)50-27-11-12-32-53-50;/h1-32,35H;/q-3;. The minimum atomic E-state index is 0. The molecule has 58 heavy (non-hydrogen) atoms. The van der Waals surface area contributed by atoms with Crippen LogP contribution in [0.15, 0.2) is 204 Å². The first-order valence-corrected chi connectivity index (χ1v) is 19.9. The maximum Gasteiger partial charge on any atom is 0.135 e. The summed E-state index contributed by atoms with van der Waals surface area (Å²) in [5.41, 5.74) is 11.1. The van der Waals surface area contributed by atoms with Gasteiger partial charge in [0.1, 0.15) is 5.82 Å². The van der Waals surface area contributed by atoms with E-state index in [2.05, 4.69) is 209 Å². The van der Waals surface area contributed by atoms with Gasteiger partial charge in [-0.15, -0.1) is 57.5 Å². The van der Waals surface area contributed by atoms with E-state index in [9.17, 15) is 0 Å². The normalized spacial score (nSPS) is 12.3. The van der Waals surface area contributed by atoms with Crippen LogP contribution >= 0.6 is 11.8 Å². The van der Waals surface area contributed by atoms with E-state index >= 15 is 0 Å². The predicted octanol–water partition coefficient (Wildman–Crippen LogP) is 13.8. The molecule has 0 bridgehead atoms. The van der Waals surface area contributed by atoms with Crippen LogP contribution in [-0.4, -0.2) is 9.55 Å². The van der Waals surface area contributed by atoms with Crippen LogP contribution in [0.4, 0.5) is 22.7 Å². The van der Waals surface area contributed by atoms with Crippen LogP contribution < -0.4 is 9.80 Å². The monoisotopic (exact) mass is 940 g/mol. The van der Waals surface area contributed by atoms with E-state index in [1.165, 1.54) is 27.3 Å². The zero-order valence-electron chi connectivity index (χ0n) is 31.1. The minimum Gasteiger partial charge on any atom is -0.493 e. The third-order valence-corrected chi connectivity index (χ3v) is 11.6. The van der Waals surface area contributed by atoms with E-state index < -0.39 is 0 Å². The summed E-state index contributed by atoms with van der Waals surface area (Å²) >= 11 is 1.67. The molecule has 4 nitrogen and oxygen atoms in total. The van der Waals surface area contributed by atoms with Gasteiger partial charge in [0.15, 0.2) is 0 Å². The molecule has 1 aliphatic heterocycles. The molecule has 0 atom stereocenters. The third-order valence-electron chi connectivity index (χ3n) is 10.7. The fourth-order valence-corrected chi connectivity index (χ4v) is 9.03. The Morgan fingerprint density at radius 3 is 1.91 bits per heavy atom. The van der Waals surface area contributed by atoms with E-state index in [-0.39, 0.29) is 21.1 Å². The van der Waals surface area contributed by atoms with Gasteiger partial charge in [0.05, 0.1) is 0 Å². The van der Waals surface area contributed by atoms with Crippen molar-refractivity contribution >= 4 is 67.1 Å². The van der Waals surface area contributed by atoms with Gasteiger partial charge in [0, 0.05) is 66.4 Å². The molecule has 0 radical (unpaired) electrons. The SMILES string of the molecule is [Pt].[c-]1c(Sc2[c-]c3c(cc2)c2ccccc2n3-c2ccccn2)cccc1N1[CH-]N(c2c(-c3ccccc3)cccc2-c2ccccc2)c2c1ccc1ccccc21. The molecular formula is C52H33N4PtS-3. The molecular weight excluding hydrogens is 908 g/mol. The fraction of sp³-hybridized carbons (Fsp3) is 0. The van der Waals surface area contributed by atoms with E-state index in [4.69, 9.17) is 4.98 Å². The predicted molar refractivity (Wildman–Crippen MR) is 237 cm³/mol. The van der Waals surface area contributed by atoms with E-state index in [1.807, 2.05) is 18.3 Å². The van der Waals surface area contributed by atoms with Crippen molar-refractivity contribution in [1.82, 2.24) is 9.55 Å². The first-order chi connectivity index (χ1) is 28.3. The largest absolute Gasteiger partial charge is 0.493 e. The molecule has 10 aromatic rings. The summed E-state index contributed by atoms with van der Waals surface area (Å²) in [5, 5.41) is 4.72. The molecule has 2 aromatic heterocycles. The van der Waals surface area contributed by atoms with Crippen LogP contribution in [-0.2, 0) is 21.1 Å². The number of hydrogen-bond donors (Lipinski definition) is 0. The molecule has 0 aliphatic carbocycles. The average Bonchev–Trinajstić information content (AvgIpc) is 3.83. The number of fused-ring (bicyclic) bond motifs is 6. The Labute approximate surface area is 356 Å². The van der Waals surface area contributed by atoms with Crippen LogP contribution in [0, 0.1) is 18.8 Å². The molecule has 8 aromatic carbocycles. The second-order valence-corrected chi connectivity index (χ2v) is 15.2. The van der Waals surface area contributed by atoms with Crippen LogP contribution in [0.2, 0.25) is 0 Å². The summed E-state index contributed by atoms with van der Waals surface area (Å²) in [6.07, 6.45) is 1.84. The smallest absolute Gasteiger partial charge is 0.135 e. The minimum absolute atomic E-state index is 0. The van der Waals surface area contributed by atoms with Gasteiger partial charge < -0.3 is 14.4 Å². The second-order valence-electron chi connectivity index (χ2n) is 14.1. The molecule has 0 saturated carbocycles. The van der Waals surface area contributed by atoms with Gasteiger partial charge in [0.2, 0.25) is 0 Å². The Balaban J connectivity index is 0.00000408. The zero-order chi connectivity index (χ0) is 37.7. The number of hydrogen-bond acceptors (Lipinski definition) is 4. The van der Waals surface area contributed by atoms with Crippen molar-refractivity contribution in [3.63, 3.8) is 0 Å². The van der Waals surface area contributed by atoms with Crippen LogP contribution in [0.25, 0.3) is 60.6 Å². The van der Waals surface area contributed by atoms with Crippen molar-refractivity contribution in [2.45, 2.75) is 9.79 Å². The van der Waals surface area contributed by atoms with E-state index in [0.717, 1.165) is 65.9 Å². The van der Waals surface area contributed by atoms with Gasteiger partial charge in [-0.3, -0.25) is 0 Å². The Morgan fingerprint density at radius 1 is 0.483 bits per heavy atom. The number of benzene rings is 8. The summed E-state index contributed by atoms with van der Waals surface area (Å²) in [7, 11) is 0. The van der Waals surface area contributed by atoms with Crippen molar-refractivity contribution < 1.29 is 21.1 Å². The average molecular weight is 941 g/mol. The Kier molecular flexibility index (Phi) is 9.41. The van der Waals surface area contributed by atoms with Gasteiger partial charge in [-0.1, -0.05) is 139 Å². The van der Waals surface area contributed by atoms with Gasteiger partial charge in [-0.2, -0.15) is 24.3 Å². The van der Waals surface area contributed by atoms with Crippen molar-refractivity contribution in [2.75, 3.05) is 9.80 Å². The molecule has 0 N–H and O–H groups in total. The molecule has 3 heterocycles. The van der Waals surface area contributed by atoms with Crippen molar-refractivity contribution in [3.8, 4) is 28.1 Å². The van der Waals surface area contributed by atoms with Crippen molar-refractivity contribution in [1.29, 1.82) is 0 Å². The Hall–Kier alpha value is -6.39. The number of aromatic nitrogens is 2.